The fourth-order valence-electron chi connectivity index (χ4n) is 4.48. The number of carbonyl (C=O) groups is 1. The van der Waals surface area contributed by atoms with E-state index in [1.807, 2.05) is 13.0 Å². The summed E-state index contributed by atoms with van der Waals surface area (Å²) in [5.74, 6) is 0.707. The van der Waals surface area contributed by atoms with Crippen molar-refractivity contribution in [1.82, 2.24) is 9.47 Å². The highest BCUT2D eigenvalue weighted by molar-refractivity contribution is 8.26. The lowest BCUT2D eigenvalue weighted by molar-refractivity contribution is -0.122. The van der Waals surface area contributed by atoms with Gasteiger partial charge >= 0.3 is 0 Å². The minimum atomic E-state index is -0.239. The summed E-state index contributed by atoms with van der Waals surface area (Å²) in [5.41, 5.74) is 1.32. The van der Waals surface area contributed by atoms with Crippen LogP contribution in [0.2, 0.25) is 0 Å². The fraction of sp³-hybridized carbons (Fsp3) is 0.600. The Morgan fingerprint density at radius 1 is 1.15 bits per heavy atom. The molecular formula is C25H34N4O3S2. The summed E-state index contributed by atoms with van der Waals surface area (Å²) in [7, 11) is 1.64. The number of methoxy groups -OCH3 is 1. The number of thioether (sulfide) groups is 1. The van der Waals surface area contributed by atoms with Crippen molar-refractivity contribution < 1.29 is 9.53 Å². The highest BCUT2D eigenvalue weighted by Crippen LogP contribution is 2.36. The van der Waals surface area contributed by atoms with Crippen LogP contribution in [0.3, 0.4) is 0 Å². The van der Waals surface area contributed by atoms with E-state index in [0.717, 1.165) is 50.2 Å². The average Bonchev–Trinajstić information content (AvgIpc) is 3.00. The van der Waals surface area contributed by atoms with Crippen LogP contribution in [0.1, 0.15) is 68.6 Å². The molecule has 1 aromatic rings. The van der Waals surface area contributed by atoms with Crippen molar-refractivity contribution >= 4 is 46.1 Å². The van der Waals surface area contributed by atoms with Gasteiger partial charge in [0.15, 0.2) is 0 Å². The molecule has 0 aromatic carbocycles. The molecule has 0 bridgehead atoms. The first kappa shape index (κ1) is 26.5. The lowest BCUT2D eigenvalue weighted by Gasteiger charge is -2.29. The number of hydrogen-bond acceptors (Lipinski definition) is 7. The van der Waals surface area contributed by atoms with Crippen molar-refractivity contribution in [3.63, 3.8) is 0 Å². The summed E-state index contributed by atoms with van der Waals surface area (Å²) in [4.78, 5) is 31.0. The molecule has 1 amide bonds. The first-order valence-electron chi connectivity index (χ1n) is 12.1. The van der Waals surface area contributed by atoms with Gasteiger partial charge in [0.1, 0.15) is 21.8 Å². The van der Waals surface area contributed by atoms with Gasteiger partial charge in [0, 0.05) is 45.5 Å². The van der Waals surface area contributed by atoms with Crippen LogP contribution in [0.15, 0.2) is 9.70 Å². The van der Waals surface area contributed by atoms with Crippen molar-refractivity contribution in [2.45, 2.75) is 65.3 Å². The summed E-state index contributed by atoms with van der Waals surface area (Å²) in [5, 5.41) is 9.83. The van der Waals surface area contributed by atoms with Gasteiger partial charge in [0.05, 0.1) is 4.91 Å². The molecule has 2 aliphatic heterocycles. The quantitative estimate of drug-likeness (QED) is 0.280. The Hall–Kier alpha value is -2.15. The lowest BCUT2D eigenvalue weighted by Crippen LogP contribution is -2.35. The van der Waals surface area contributed by atoms with Crippen molar-refractivity contribution in [3.05, 3.63) is 31.9 Å². The van der Waals surface area contributed by atoms with Crippen LogP contribution in [0.4, 0.5) is 5.82 Å². The van der Waals surface area contributed by atoms with Crippen LogP contribution in [0, 0.1) is 18.3 Å². The van der Waals surface area contributed by atoms with Gasteiger partial charge in [0.2, 0.25) is 0 Å². The third kappa shape index (κ3) is 5.73. The highest BCUT2D eigenvalue weighted by Gasteiger charge is 2.33. The van der Waals surface area contributed by atoms with Crippen molar-refractivity contribution in [1.29, 1.82) is 5.26 Å². The van der Waals surface area contributed by atoms with Gasteiger partial charge in [-0.25, -0.2) is 0 Å². The van der Waals surface area contributed by atoms with Crippen LogP contribution in [-0.2, 0) is 16.1 Å². The van der Waals surface area contributed by atoms with Crippen LogP contribution in [0.25, 0.3) is 6.08 Å². The Labute approximate surface area is 211 Å². The van der Waals surface area contributed by atoms with Crippen LogP contribution >= 0.6 is 24.0 Å². The number of nitrogens with zero attached hydrogens (tertiary/aromatic N) is 4. The second kappa shape index (κ2) is 12.5. The van der Waals surface area contributed by atoms with Crippen molar-refractivity contribution in [2.24, 2.45) is 0 Å². The molecule has 0 unspecified atom stereocenters. The monoisotopic (exact) mass is 502 g/mol. The molecule has 0 saturated carbocycles. The normalized spacial score (nSPS) is 18.0. The van der Waals surface area contributed by atoms with E-state index in [4.69, 9.17) is 17.0 Å². The number of thiocarbonyl (C=S) groups is 1. The minimum absolute atomic E-state index is 0.128. The number of nitriles is 1. The summed E-state index contributed by atoms with van der Waals surface area (Å²) in [6.07, 6.45) is 8.79. The molecule has 0 aliphatic carbocycles. The van der Waals surface area contributed by atoms with E-state index in [1.54, 1.807) is 16.6 Å². The molecule has 0 radical (unpaired) electrons. The largest absolute Gasteiger partial charge is 0.385 e. The molecule has 2 aliphatic rings. The van der Waals surface area contributed by atoms with Crippen LogP contribution in [0.5, 0.6) is 0 Å². The van der Waals surface area contributed by atoms with E-state index in [0.29, 0.717) is 40.9 Å². The number of anilines is 1. The maximum atomic E-state index is 13.4. The van der Waals surface area contributed by atoms with Crippen molar-refractivity contribution in [3.8, 4) is 6.07 Å². The number of rotatable bonds is 9. The molecule has 184 valence electrons. The van der Waals surface area contributed by atoms with E-state index in [2.05, 4.69) is 17.9 Å². The van der Waals surface area contributed by atoms with Gasteiger partial charge in [-0.3, -0.25) is 19.1 Å². The Kier molecular flexibility index (Phi) is 9.74. The molecular weight excluding hydrogens is 468 g/mol. The zero-order chi connectivity index (χ0) is 24.7. The number of carbonyl (C=O) groups excluding carboxylic acids is 1. The Morgan fingerprint density at radius 3 is 2.47 bits per heavy atom. The van der Waals surface area contributed by atoms with Crippen LogP contribution < -0.4 is 10.5 Å². The van der Waals surface area contributed by atoms with Crippen molar-refractivity contribution in [2.75, 3.05) is 38.3 Å². The minimum Gasteiger partial charge on any atom is -0.385 e. The zero-order valence-corrected chi connectivity index (χ0v) is 22.0. The Morgan fingerprint density at radius 2 is 1.85 bits per heavy atom. The number of amides is 1. The summed E-state index contributed by atoms with van der Waals surface area (Å²) in [6, 6.07) is 2.13. The molecule has 0 spiro atoms. The molecule has 1 aromatic heterocycles. The Balaban J connectivity index is 2.15. The van der Waals surface area contributed by atoms with Crippen LogP contribution in [-0.4, -0.2) is 53.0 Å². The first-order chi connectivity index (χ1) is 16.4. The number of unbranched alkanes of at least 4 members (excludes halogenated alkanes) is 1. The summed E-state index contributed by atoms with van der Waals surface area (Å²) >= 11 is 6.77. The molecule has 2 saturated heterocycles. The fourth-order valence-corrected chi connectivity index (χ4v) is 5.77. The Bertz CT molecular complexity index is 1050. The predicted octanol–water partition coefficient (Wildman–Crippen LogP) is 4.45. The average molecular weight is 503 g/mol. The molecule has 9 heteroatoms. The maximum absolute atomic E-state index is 13.4. The smallest absolute Gasteiger partial charge is 0.270 e. The number of aromatic nitrogens is 1. The second-order valence-corrected chi connectivity index (χ2v) is 10.4. The van der Waals surface area contributed by atoms with Gasteiger partial charge in [0.25, 0.3) is 11.5 Å². The summed E-state index contributed by atoms with van der Waals surface area (Å²) < 4.78 is 7.41. The number of hydrogen-bond donors (Lipinski definition) is 0. The third-order valence-electron chi connectivity index (χ3n) is 6.37. The maximum Gasteiger partial charge on any atom is 0.270 e. The number of ether oxygens (including phenoxy) is 1. The molecule has 2 fully saturated rings. The predicted molar refractivity (Wildman–Crippen MR) is 142 cm³/mol. The van der Waals surface area contributed by atoms with Gasteiger partial charge in [-0.2, -0.15) is 5.26 Å². The lowest BCUT2D eigenvalue weighted by atomic mass is 10.0. The standard InChI is InChI=1S/C25H34N4O3S2/c1-4-5-13-28-22(27-11-8-6-7-9-12-27)19(18(2)20(17-26)23(28)30)16-21-24(31)29(25(33)34-21)14-10-15-32-3/h16H,4-15H2,1-3H3/b21-16-. The highest BCUT2D eigenvalue weighted by atomic mass is 32.2. The van der Waals surface area contributed by atoms with Gasteiger partial charge in [-0.1, -0.05) is 50.2 Å². The topological polar surface area (TPSA) is 78.6 Å². The van der Waals surface area contributed by atoms with E-state index >= 15 is 0 Å². The summed E-state index contributed by atoms with van der Waals surface area (Å²) in [6.45, 7) is 7.23. The third-order valence-corrected chi connectivity index (χ3v) is 7.74. The second-order valence-electron chi connectivity index (χ2n) is 8.74. The van der Waals surface area contributed by atoms with E-state index in [-0.39, 0.29) is 17.0 Å². The zero-order valence-electron chi connectivity index (χ0n) is 20.4. The van der Waals surface area contributed by atoms with E-state index < -0.39 is 0 Å². The van der Waals surface area contributed by atoms with Gasteiger partial charge in [-0.05, 0) is 44.2 Å². The molecule has 0 N–H and O–H groups in total. The molecule has 3 heterocycles. The van der Waals surface area contributed by atoms with E-state index in [1.165, 1.54) is 24.6 Å². The van der Waals surface area contributed by atoms with Gasteiger partial charge < -0.3 is 9.64 Å². The van der Waals surface area contributed by atoms with E-state index in [9.17, 15) is 14.9 Å². The van der Waals surface area contributed by atoms with Gasteiger partial charge in [-0.15, -0.1) is 0 Å². The SMILES string of the molecule is CCCCn1c(N2CCCCCC2)c(/C=C2\SC(=S)N(CCCOC)C2=O)c(C)c(C#N)c1=O. The molecule has 7 nitrogen and oxygen atoms in total. The molecule has 3 rings (SSSR count). The molecule has 0 atom stereocenters. The first-order valence-corrected chi connectivity index (χ1v) is 13.3. The number of pyridine rings is 1. The molecule has 34 heavy (non-hydrogen) atoms.